The molecule has 2 aromatic rings. The van der Waals surface area contributed by atoms with E-state index in [9.17, 15) is 9.50 Å². The van der Waals surface area contributed by atoms with E-state index < -0.39 is 0 Å². The van der Waals surface area contributed by atoms with E-state index in [1.807, 2.05) is 6.07 Å². The zero-order valence-corrected chi connectivity index (χ0v) is 10.4. The van der Waals surface area contributed by atoms with Gasteiger partial charge in [-0.2, -0.15) is 0 Å². The lowest BCUT2D eigenvalue weighted by Gasteiger charge is -2.23. The summed E-state index contributed by atoms with van der Waals surface area (Å²) in [4.78, 5) is 2.13. The quantitative estimate of drug-likeness (QED) is 0.920. The van der Waals surface area contributed by atoms with E-state index >= 15 is 0 Å². The van der Waals surface area contributed by atoms with Gasteiger partial charge < -0.3 is 9.63 Å². The Labute approximate surface area is 110 Å². The molecule has 0 unspecified atom stereocenters. The van der Waals surface area contributed by atoms with Gasteiger partial charge in [-0.05, 0) is 24.1 Å². The number of β-amino-alcohol motifs (C(OH)–C–C–N with tert-alkyl or cyclic N) is 1. The smallest absolute Gasteiger partial charge is 0.124 e. The topological polar surface area (TPSA) is 49.5 Å². The van der Waals surface area contributed by atoms with Gasteiger partial charge in [0.05, 0.1) is 11.8 Å². The third-order valence-electron chi connectivity index (χ3n) is 3.49. The fraction of sp³-hybridized carbons (Fsp3) is 0.357. The Balaban J connectivity index is 1.80. The van der Waals surface area contributed by atoms with E-state index in [0.717, 1.165) is 11.3 Å². The molecule has 1 aromatic heterocycles. The molecule has 0 saturated carbocycles. The normalized spacial score (nSPS) is 23.9. The molecule has 1 N–H and O–H groups in total. The van der Waals surface area contributed by atoms with Crippen LogP contribution >= 0.6 is 0 Å². The molecule has 5 heteroatoms. The highest BCUT2D eigenvalue weighted by atomic mass is 19.1. The van der Waals surface area contributed by atoms with Crippen molar-refractivity contribution in [2.45, 2.75) is 25.1 Å². The van der Waals surface area contributed by atoms with E-state index in [4.69, 9.17) is 4.52 Å². The van der Waals surface area contributed by atoms with Crippen LogP contribution in [-0.2, 0) is 6.54 Å². The van der Waals surface area contributed by atoms with Crippen LogP contribution in [0.15, 0.2) is 41.1 Å². The van der Waals surface area contributed by atoms with Gasteiger partial charge in [0.2, 0.25) is 0 Å². The van der Waals surface area contributed by atoms with Gasteiger partial charge in [0, 0.05) is 25.2 Å². The SMILES string of the molecule is O[C@@H]1C[C@@H](c2ccc(F)cc2)N(Cc2ccon2)C1. The molecule has 0 bridgehead atoms. The van der Waals surface area contributed by atoms with Crippen LogP contribution in [0.5, 0.6) is 0 Å². The molecular weight excluding hydrogens is 247 g/mol. The van der Waals surface area contributed by atoms with Crippen molar-refractivity contribution in [3.63, 3.8) is 0 Å². The van der Waals surface area contributed by atoms with E-state index in [1.165, 1.54) is 18.4 Å². The first-order valence-corrected chi connectivity index (χ1v) is 6.29. The molecule has 0 radical (unpaired) electrons. The van der Waals surface area contributed by atoms with Crippen molar-refractivity contribution in [3.05, 3.63) is 53.7 Å². The molecule has 1 aliphatic heterocycles. The number of nitrogens with zero attached hydrogens (tertiary/aromatic N) is 2. The number of benzene rings is 1. The third-order valence-corrected chi connectivity index (χ3v) is 3.49. The number of hydrogen-bond donors (Lipinski definition) is 1. The fourth-order valence-corrected chi connectivity index (χ4v) is 2.61. The molecule has 100 valence electrons. The zero-order valence-electron chi connectivity index (χ0n) is 10.4. The molecule has 2 atom stereocenters. The lowest BCUT2D eigenvalue weighted by atomic mass is 10.0. The maximum Gasteiger partial charge on any atom is 0.124 e. The summed E-state index contributed by atoms with van der Waals surface area (Å²) in [5, 5.41) is 13.7. The minimum atomic E-state index is -0.359. The third kappa shape index (κ3) is 2.67. The standard InChI is InChI=1S/C14H15FN2O2/c15-11-3-1-10(2-4-11)14-7-13(18)9-17(14)8-12-5-6-19-16-12/h1-6,13-14,18H,7-9H2/t13-,14+/m1/s1. The first-order valence-electron chi connectivity index (χ1n) is 6.29. The van der Waals surface area contributed by atoms with Crippen molar-refractivity contribution in [2.24, 2.45) is 0 Å². The Hall–Kier alpha value is -1.72. The predicted octanol–water partition coefficient (Wildman–Crippen LogP) is 2.12. The molecule has 3 rings (SSSR count). The minimum Gasteiger partial charge on any atom is -0.392 e. The molecule has 2 heterocycles. The fourth-order valence-electron chi connectivity index (χ4n) is 2.61. The number of hydrogen-bond acceptors (Lipinski definition) is 4. The van der Waals surface area contributed by atoms with Crippen molar-refractivity contribution < 1.29 is 14.0 Å². The van der Waals surface area contributed by atoms with Crippen LogP contribution in [0.2, 0.25) is 0 Å². The summed E-state index contributed by atoms with van der Waals surface area (Å²) >= 11 is 0. The summed E-state index contributed by atoms with van der Waals surface area (Å²) in [6.45, 7) is 1.21. The average molecular weight is 262 g/mol. The number of aliphatic hydroxyl groups is 1. The summed E-state index contributed by atoms with van der Waals surface area (Å²) in [6.07, 6.45) is 1.83. The molecule has 19 heavy (non-hydrogen) atoms. The van der Waals surface area contributed by atoms with Crippen LogP contribution < -0.4 is 0 Å². The van der Waals surface area contributed by atoms with E-state index in [2.05, 4.69) is 10.1 Å². The van der Waals surface area contributed by atoms with Gasteiger partial charge in [0.25, 0.3) is 0 Å². The van der Waals surface area contributed by atoms with Gasteiger partial charge in [0.1, 0.15) is 12.1 Å². The van der Waals surface area contributed by atoms with Gasteiger partial charge in [0.15, 0.2) is 0 Å². The monoisotopic (exact) mass is 262 g/mol. The van der Waals surface area contributed by atoms with Crippen LogP contribution in [0, 0.1) is 5.82 Å². The second-order valence-corrected chi connectivity index (χ2v) is 4.88. The van der Waals surface area contributed by atoms with Crippen LogP contribution in [0.1, 0.15) is 23.7 Å². The second-order valence-electron chi connectivity index (χ2n) is 4.88. The highest BCUT2D eigenvalue weighted by Crippen LogP contribution is 2.33. The lowest BCUT2D eigenvalue weighted by Crippen LogP contribution is -2.24. The Bertz CT molecular complexity index is 527. The highest BCUT2D eigenvalue weighted by molar-refractivity contribution is 5.21. The van der Waals surface area contributed by atoms with E-state index in [1.54, 1.807) is 12.1 Å². The van der Waals surface area contributed by atoms with Crippen LogP contribution in [0.4, 0.5) is 4.39 Å². The van der Waals surface area contributed by atoms with Gasteiger partial charge >= 0.3 is 0 Å². The maximum atomic E-state index is 13.0. The van der Waals surface area contributed by atoms with Crippen molar-refractivity contribution in [3.8, 4) is 0 Å². The van der Waals surface area contributed by atoms with Crippen molar-refractivity contribution in [2.75, 3.05) is 6.54 Å². The van der Waals surface area contributed by atoms with Crippen LogP contribution in [0.25, 0.3) is 0 Å². The molecule has 4 nitrogen and oxygen atoms in total. The number of aromatic nitrogens is 1. The van der Waals surface area contributed by atoms with Crippen LogP contribution in [-0.4, -0.2) is 27.8 Å². The second kappa shape index (κ2) is 5.11. The average Bonchev–Trinajstić information content (AvgIpc) is 3.01. The van der Waals surface area contributed by atoms with E-state index in [0.29, 0.717) is 19.5 Å². The Morgan fingerprint density at radius 1 is 1.32 bits per heavy atom. The summed E-state index contributed by atoms with van der Waals surface area (Å²) in [7, 11) is 0. The van der Waals surface area contributed by atoms with Crippen molar-refractivity contribution in [1.29, 1.82) is 0 Å². The molecule has 1 saturated heterocycles. The molecule has 0 amide bonds. The van der Waals surface area contributed by atoms with E-state index in [-0.39, 0.29) is 18.0 Å². The maximum absolute atomic E-state index is 13.0. The van der Waals surface area contributed by atoms with Crippen molar-refractivity contribution >= 4 is 0 Å². The van der Waals surface area contributed by atoms with Gasteiger partial charge in [-0.1, -0.05) is 17.3 Å². The zero-order chi connectivity index (χ0) is 13.2. The molecule has 0 spiro atoms. The summed E-state index contributed by atoms with van der Waals surface area (Å²) in [6, 6.07) is 8.35. The number of aliphatic hydroxyl groups excluding tert-OH is 1. The molecule has 1 aliphatic rings. The Morgan fingerprint density at radius 2 is 2.11 bits per heavy atom. The predicted molar refractivity (Wildman–Crippen MR) is 66.7 cm³/mol. The summed E-state index contributed by atoms with van der Waals surface area (Å²) in [5.74, 6) is -0.245. The first kappa shape index (κ1) is 12.3. The molecule has 1 fully saturated rings. The largest absolute Gasteiger partial charge is 0.392 e. The number of likely N-dealkylation sites (tertiary alicyclic amines) is 1. The highest BCUT2D eigenvalue weighted by Gasteiger charge is 2.32. The van der Waals surface area contributed by atoms with Gasteiger partial charge in [-0.25, -0.2) is 4.39 Å². The summed E-state index contributed by atoms with van der Waals surface area (Å²) in [5.41, 5.74) is 1.85. The summed E-state index contributed by atoms with van der Waals surface area (Å²) < 4.78 is 17.8. The lowest BCUT2D eigenvalue weighted by molar-refractivity contribution is 0.171. The minimum absolute atomic E-state index is 0.0901. The molecule has 1 aromatic carbocycles. The number of rotatable bonds is 3. The molecular formula is C14H15FN2O2. The first-order chi connectivity index (χ1) is 9.22. The van der Waals surface area contributed by atoms with Gasteiger partial charge in [-0.15, -0.1) is 0 Å². The molecule has 0 aliphatic carbocycles. The van der Waals surface area contributed by atoms with Gasteiger partial charge in [-0.3, -0.25) is 4.90 Å². The Kier molecular flexibility index (Phi) is 3.31. The van der Waals surface area contributed by atoms with Crippen LogP contribution in [0.3, 0.4) is 0 Å². The number of halogens is 1. The van der Waals surface area contributed by atoms with Crippen molar-refractivity contribution in [1.82, 2.24) is 10.1 Å². The Morgan fingerprint density at radius 3 is 2.79 bits per heavy atom.